The van der Waals surface area contributed by atoms with E-state index < -0.39 is 48.2 Å². The van der Waals surface area contributed by atoms with Gasteiger partial charge in [-0.1, -0.05) is 48.5 Å². The van der Waals surface area contributed by atoms with E-state index in [-0.39, 0.29) is 12.8 Å². The van der Waals surface area contributed by atoms with E-state index in [4.69, 9.17) is 11.5 Å². The molecule has 0 aliphatic carbocycles. The van der Waals surface area contributed by atoms with Crippen LogP contribution in [0.5, 0.6) is 0 Å². The second kappa shape index (κ2) is 11.1. The molecule has 3 atom stereocenters. The first-order chi connectivity index (χ1) is 16.2. The van der Waals surface area contributed by atoms with Gasteiger partial charge in [-0.25, -0.2) is 4.79 Å². The summed E-state index contributed by atoms with van der Waals surface area (Å²) >= 11 is 0. The van der Waals surface area contributed by atoms with Gasteiger partial charge in [0, 0.05) is 23.5 Å². The molecule has 0 aliphatic rings. The fourth-order valence-electron chi connectivity index (χ4n) is 3.64. The topological polar surface area (TPSA) is 180 Å². The number of rotatable bonds is 11. The molecular weight excluding hydrogens is 438 g/mol. The Labute approximate surface area is 195 Å². The van der Waals surface area contributed by atoms with Crippen LogP contribution in [0.25, 0.3) is 10.9 Å². The van der Waals surface area contributed by atoms with E-state index in [1.165, 1.54) is 0 Å². The molecule has 10 heteroatoms. The van der Waals surface area contributed by atoms with Gasteiger partial charge in [-0.05, 0) is 23.6 Å². The lowest BCUT2D eigenvalue weighted by molar-refractivity contribution is -0.142. The number of primary amides is 1. The molecule has 0 bridgehead atoms. The third-order valence-electron chi connectivity index (χ3n) is 5.39. The van der Waals surface area contributed by atoms with Crippen molar-refractivity contribution in [3.8, 4) is 0 Å². The molecule has 0 saturated carbocycles. The van der Waals surface area contributed by atoms with Crippen molar-refractivity contribution in [3.63, 3.8) is 0 Å². The van der Waals surface area contributed by atoms with Crippen molar-refractivity contribution in [2.75, 3.05) is 0 Å². The molecule has 1 aromatic heterocycles. The molecule has 0 radical (unpaired) electrons. The Hall–Kier alpha value is -4.18. The molecule has 3 rings (SSSR count). The van der Waals surface area contributed by atoms with Crippen LogP contribution in [0, 0.1) is 0 Å². The van der Waals surface area contributed by atoms with E-state index in [0.717, 1.165) is 16.5 Å². The molecule has 0 fully saturated rings. The molecule has 3 unspecified atom stereocenters. The van der Waals surface area contributed by atoms with Crippen LogP contribution in [0.4, 0.5) is 0 Å². The van der Waals surface area contributed by atoms with Gasteiger partial charge in [-0.2, -0.15) is 0 Å². The van der Waals surface area contributed by atoms with Crippen molar-refractivity contribution in [2.24, 2.45) is 11.5 Å². The second-order valence-electron chi connectivity index (χ2n) is 7.99. The van der Waals surface area contributed by atoms with Crippen LogP contribution in [0.15, 0.2) is 60.8 Å². The van der Waals surface area contributed by atoms with Gasteiger partial charge in [0.2, 0.25) is 17.7 Å². The van der Waals surface area contributed by atoms with Gasteiger partial charge in [0.25, 0.3) is 0 Å². The first kappa shape index (κ1) is 24.5. The number of para-hydroxylation sites is 1. The van der Waals surface area contributed by atoms with Crippen LogP contribution in [0.2, 0.25) is 0 Å². The van der Waals surface area contributed by atoms with Crippen molar-refractivity contribution in [1.82, 2.24) is 15.6 Å². The Morgan fingerprint density at radius 1 is 0.882 bits per heavy atom. The highest BCUT2D eigenvalue weighted by molar-refractivity contribution is 5.95. The quantitative estimate of drug-likeness (QED) is 0.235. The van der Waals surface area contributed by atoms with E-state index in [9.17, 15) is 24.3 Å². The van der Waals surface area contributed by atoms with Crippen LogP contribution in [0.3, 0.4) is 0 Å². The molecule has 0 spiro atoms. The van der Waals surface area contributed by atoms with E-state index in [1.54, 1.807) is 6.20 Å². The molecule has 10 nitrogen and oxygen atoms in total. The number of carbonyl (C=O) groups is 4. The molecule has 0 aliphatic heterocycles. The first-order valence-corrected chi connectivity index (χ1v) is 10.7. The van der Waals surface area contributed by atoms with Crippen LogP contribution >= 0.6 is 0 Å². The summed E-state index contributed by atoms with van der Waals surface area (Å²) in [5.74, 6) is -3.59. The summed E-state index contributed by atoms with van der Waals surface area (Å²) in [7, 11) is 0. The summed E-state index contributed by atoms with van der Waals surface area (Å²) in [4.78, 5) is 51.9. The molecular formula is C24H27N5O5. The molecule has 2 aromatic carbocycles. The number of hydrogen-bond donors (Lipinski definition) is 6. The summed E-state index contributed by atoms with van der Waals surface area (Å²) in [6.45, 7) is 0. The average molecular weight is 466 g/mol. The number of fused-ring (bicyclic) bond motifs is 1. The van der Waals surface area contributed by atoms with Crippen molar-refractivity contribution < 1.29 is 24.3 Å². The molecule has 0 saturated heterocycles. The third-order valence-corrected chi connectivity index (χ3v) is 5.39. The van der Waals surface area contributed by atoms with Gasteiger partial charge in [-0.15, -0.1) is 0 Å². The van der Waals surface area contributed by atoms with Crippen molar-refractivity contribution >= 4 is 34.6 Å². The number of amides is 3. The fourth-order valence-corrected chi connectivity index (χ4v) is 3.64. The summed E-state index contributed by atoms with van der Waals surface area (Å²) in [6.07, 6.45) is 1.39. The van der Waals surface area contributed by atoms with E-state index in [0.29, 0.717) is 5.56 Å². The number of aliphatic carboxylic acids is 1. The number of benzene rings is 2. The number of H-pyrrole nitrogens is 1. The zero-order chi connectivity index (χ0) is 24.7. The van der Waals surface area contributed by atoms with E-state index in [2.05, 4.69) is 15.6 Å². The van der Waals surface area contributed by atoms with Crippen LogP contribution in [-0.2, 0) is 32.0 Å². The maximum atomic E-state index is 12.9. The van der Waals surface area contributed by atoms with Crippen molar-refractivity contribution in [3.05, 3.63) is 71.9 Å². The standard InChI is InChI=1S/C24H27N5O5/c25-17(10-14-6-2-1-3-7-14)22(31)28-19(12-21(26)30)23(32)29-20(24(33)34)11-15-13-27-18-9-5-4-8-16(15)18/h1-9,13,17,19-20,27H,10-12,25H2,(H2,26,30)(H,28,31)(H,29,32)(H,33,34). The Morgan fingerprint density at radius 2 is 1.53 bits per heavy atom. The molecule has 3 aromatic rings. The monoisotopic (exact) mass is 465 g/mol. The molecule has 8 N–H and O–H groups in total. The molecule has 178 valence electrons. The predicted molar refractivity (Wildman–Crippen MR) is 125 cm³/mol. The van der Waals surface area contributed by atoms with E-state index >= 15 is 0 Å². The summed E-state index contributed by atoms with van der Waals surface area (Å²) in [5, 5.41) is 15.3. The zero-order valence-corrected chi connectivity index (χ0v) is 18.4. The highest BCUT2D eigenvalue weighted by Crippen LogP contribution is 2.19. The number of nitrogens with two attached hydrogens (primary N) is 2. The second-order valence-corrected chi connectivity index (χ2v) is 7.99. The minimum Gasteiger partial charge on any atom is -0.480 e. The predicted octanol–water partition coefficient (Wildman–Crippen LogP) is 0.210. The number of nitrogens with one attached hydrogen (secondary N) is 3. The van der Waals surface area contributed by atoms with Gasteiger partial charge in [0.1, 0.15) is 12.1 Å². The summed E-state index contributed by atoms with van der Waals surface area (Å²) in [5.41, 5.74) is 13.6. The van der Waals surface area contributed by atoms with Crippen LogP contribution in [0.1, 0.15) is 17.5 Å². The Morgan fingerprint density at radius 3 is 2.21 bits per heavy atom. The van der Waals surface area contributed by atoms with Gasteiger partial charge in [0.05, 0.1) is 12.5 Å². The minimum absolute atomic E-state index is 0.00412. The summed E-state index contributed by atoms with van der Waals surface area (Å²) < 4.78 is 0. The first-order valence-electron chi connectivity index (χ1n) is 10.7. The normalized spacial score (nSPS) is 13.6. The average Bonchev–Trinajstić information content (AvgIpc) is 3.21. The molecule has 3 amide bonds. The molecule has 1 heterocycles. The number of carbonyl (C=O) groups excluding carboxylic acids is 3. The van der Waals surface area contributed by atoms with Crippen LogP contribution in [-0.4, -0.2) is 51.9 Å². The summed E-state index contributed by atoms with van der Waals surface area (Å²) in [6, 6.07) is 12.8. The van der Waals surface area contributed by atoms with Gasteiger partial charge < -0.3 is 32.2 Å². The maximum absolute atomic E-state index is 12.9. The Bertz CT molecular complexity index is 1180. The largest absolute Gasteiger partial charge is 0.480 e. The highest BCUT2D eigenvalue weighted by atomic mass is 16.4. The number of aromatic nitrogens is 1. The zero-order valence-electron chi connectivity index (χ0n) is 18.4. The number of carboxylic acid groups (broad SMARTS) is 1. The minimum atomic E-state index is -1.36. The SMILES string of the molecule is NC(=O)CC(NC(=O)C(N)Cc1ccccc1)C(=O)NC(Cc1c[nH]c2ccccc12)C(=O)O. The number of aromatic amines is 1. The van der Waals surface area contributed by atoms with Crippen molar-refractivity contribution in [1.29, 1.82) is 0 Å². The van der Waals surface area contributed by atoms with Gasteiger partial charge in [0.15, 0.2) is 0 Å². The number of hydrogen-bond acceptors (Lipinski definition) is 5. The van der Waals surface area contributed by atoms with Crippen molar-refractivity contribution in [2.45, 2.75) is 37.4 Å². The Kier molecular flexibility index (Phi) is 7.99. The molecule has 34 heavy (non-hydrogen) atoms. The third kappa shape index (κ3) is 6.42. The van der Waals surface area contributed by atoms with Gasteiger partial charge in [-0.3, -0.25) is 14.4 Å². The lowest BCUT2D eigenvalue weighted by Crippen LogP contribution is -2.56. The lowest BCUT2D eigenvalue weighted by atomic mass is 10.0. The maximum Gasteiger partial charge on any atom is 0.326 e. The Balaban J connectivity index is 1.69. The van der Waals surface area contributed by atoms with Crippen LogP contribution < -0.4 is 22.1 Å². The number of carboxylic acids is 1. The van der Waals surface area contributed by atoms with Gasteiger partial charge >= 0.3 is 5.97 Å². The van der Waals surface area contributed by atoms with E-state index in [1.807, 2.05) is 54.6 Å². The fraction of sp³-hybridized carbons (Fsp3) is 0.250. The smallest absolute Gasteiger partial charge is 0.326 e. The lowest BCUT2D eigenvalue weighted by Gasteiger charge is -2.22. The highest BCUT2D eigenvalue weighted by Gasteiger charge is 2.29.